The van der Waals surface area contributed by atoms with Crippen molar-refractivity contribution in [3.05, 3.63) is 107 Å². The number of likely N-dealkylation sites (tertiary alicyclic amines) is 2. The summed E-state index contributed by atoms with van der Waals surface area (Å²) in [5, 5.41) is 0. The molecular weight excluding hydrogens is 526 g/mol. The van der Waals surface area contributed by atoms with Crippen molar-refractivity contribution in [1.82, 2.24) is 14.7 Å². The Morgan fingerprint density at radius 3 is 2.00 bits per heavy atom. The summed E-state index contributed by atoms with van der Waals surface area (Å²) in [5.74, 6) is -3.01. The zero-order chi connectivity index (χ0) is 29.8. The minimum atomic E-state index is -1.51. The topological polar surface area (TPSA) is 78.0 Å². The van der Waals surface area contributed by atoms with Crippen LogP contribution in [0.4, 0.5) is 0 Å². The van der Waals surface area contributed by atoms with Gasteiger partial charge in [0.1, 0.15) is 5.54 Å². The first-order valence-corrected chi connectivity index (χ1v) is 14.7. The van der Waals surface area contributed by atoms with E-state index >= 15 is 0 Å². The van der Waals surface area contributed by atoms with Gasteiger partial charge in [-0.25, -0.2) is 0 Å². The fourth-order valence-corrected chi connectivity index (χ4v) is 7.22. The first kappa shape index (κ1) is 27.9. The van der Waals surface area contributed by atoms with Gasteiger partial charge in [0.25, 0.3) is 5.91 Å². The zero-order valence-electron chi connectivity index (χ0n) is 24.6. The van der Waals surface area contributed by atoms with Crippen LogP contribution in [0.2, 0.25) is 0 Å². The van der Waals surface area contributed by atoms with E-state index in [0.29, 0.717) is 12.1 Å². The van der Waals surface area contributed by atoms with Gasteiger partial charge in [-0.05, 0) is 41.2 Å². The van der Waals surface area contributed by atoms with Crippen LogP contribution < -0.4 is 0 Å². The van der Waals surface area contributed by atoms with E-state index < -0.39 is 23.4 Å². The molecule has 216 valence electrons. The molecule has 0 spiro atoms. The minimum absolute atomic E-state index is 0.0874. The van der Waals surface area contributed by atoms with E-state index in [1.807, 2.05) is 79.7 Å². The number of carbonyl (C=O) groups excluding carboxylic acids is 4. The Labute approximate surface area is 247 Å². The number of rotatable bonds is 6. The Morgan fingerprint density at radius 2 is 1.43 bits per heavy atom. The molecule has 0 aromatic heterocycles. The van der Waals surface area contributed by atoms with Crippen molar-refractivity contribution in [1.29, 1.82) is 0 Å². The van der Waals surface area contributed by atoms with Gasteiger partial charge < -0.3 is 9.80 Å². The van der Waals surface area contributed by atoms with Gasteiger partial charge in [0.15, 0.2) is 0 Å². The molecule has 3 heterocycles. The van der Waals surface area contributed by atoms with E-state index in [9.17, 15) is 19.2 Å². The smallest absolute Gasteiger partial charge is 0.255 e. The lowest BCUT2D eigenvalue weighted by Crippen LogP contribution is -2.70. The summed E-state index contributed by atoms with van der Waals surface area (Å²) in [4.78, 5) is 62.2. The second kappa shape index (κ2) is 10.2. The van der Waals surface area contributed by atoms with Crippen molar-refractivity contribution in [2.45, 2.75) is 57.7 Å². The van der Waals surface area contributed by atoms with Gasteiger partial charge >= 0.3 is 0 Å². The number of hydrogen-bond acceptors (Lipinski definition) is 4. The quantitative estimate of drug-likeness (QED) is 0.415. The molecule has 42 heavy (non-hydrogen) atoms. The summed E-state index contributed by atoms with van der Waals surface area (Å²) in [6.07, 6.45) is 0.158. The van der Waals surface area contributed by atoms with Crippen molar-refractivity contribution in [3.63, 3.8) is 0 Å². The molecule has 2 bridgehead atoms. The summed E-state index contributed by atoms with van der Waals surface area (Å²) in [6.45, 7) is 9.04. The lowest BCUT2D eigenvalue weighted by Gasteiger charge is -2.49. The highest BCUT2D eigenvalue weighted by Crippen LogP contribution is 2.54. The Kier molecular flexibility index (Phi) is 6.79. The second-order valence-electron chi connectivity index (χ2n) is 12.8. The Morgan fingerprint density at radius 1 is 0.833 bits per heavy atom. The van der Waals surface area contributed by atoms with Gasteiger partial charge in [0, 0.05) is 25.1 Å². The fraction of sp³-hybridized carbons (Fsp3) is 0.371. The van der Waals surface area contributed by atoms with E-state index in [2.05, 4.69) is 20.8 Å². The van der Waals surface area contributed by atoms with Crippen molar-refractivity contribution in [2.24, 2.45) is 11.8 Å². The van der Waals surface area contributed by atoms with Crippen LogP contribution >= 0.6 is 0 Å². The van der Waals surface area contributed by atoms with Gasteiger partial charge in [-0.3, -0.25) is 24.1 Å². The molecule has 3 aliphatic heterocycles. The van der Waals surface area contributed by atoms with Crippen molar-refractivity contribution in [2.75, 3.05) is 13.1 Å². The van der Waals surface area contributed by atoms with E-state index in [4.69, 9.17) is 0 Å². The SMILES string of the molecule is CCN1CC2C3C(=O)N(Cc4ccccc4)C(=O)C3[C@](Cc3ccccc3)(C1=O)N2C(=O)c1ccc(C(C)(C)C)cc1. The Balaban J connectivity index is 1.48. The number of amides is 4. The number of benzene rings is 3. The Bertz CT molecular complexity index is 1530. The average Bonchev–Trinajstić information content (AvgIpc) is 3.37. The summed E-state index contributed by atoms with van der Waals surface area (Å²) >= 11 is 0. The van der Waals surface area contributed by atoms with Crippen LogP contribution in [-0.2, 0) is 32.8 Å². The van der Waals surface area contributed by atoms with Crippen LogP contribution in [0.25, 0.3) is 0 Å². The fourth-order valence-electron chi connectivity index (χ4n) is 7.22. The van der Waals surface area contributed by atoms with Crippen molar-refractivity contribution < 1.29 is 19.2 Å². The number of piperazine rings is 1. The van der Waals surface area contributed by atoms with Crippen LogP contribution in [-0.4, -0.2) is 63.0 Å². The summed E-state index contributed by atoms with van der Waals surface area (Å²) in [5.41, 5.74) is 1.62. The third-order valence-electron chi connectivity index (χ3n) is 9.30. The van der Waals surface area contributed by atoms with Crippen LogP contribution in [0, 0.1) is 11.8 Å². The summed E-state index contributed by atoms with van der Waals surface area (Å²) in [7, 11) is 0. The molecule has 3 aromatic carbocycles. The number of nitrogens with zero attached hydrogens (tertiary/aromatic N) is 3. The molecule has 0 aliphatic carbocycles. The molecule has 3 saturated heterocycles. The third-order valence-corrected chi connectivity index (χ3v) is 9.30. The molecule has 6 rings (SSSR count). The number of hydrogen-bond donors (Lipinski definition) is 0. The molecule has 7 heteroatoms. The monoisotopic (exact) mass is 563 g/mol. The standard InChI is InChI=1S/C35H37N3O4/c1-5-36-22-27-28-29(32(41)37(31(28)40)21-24-14-10-7-11-15-24)35(33(36)42,20-23-12-8-6-9-13-23)38(27)30(39)25-16-18-26(19-17-25)34(2,3)4/h6-19,27-29H,5,20-22H2,1-4H3/t27?,28?,29?,35-/m1/s1. The molecule has 3 aliphatic rings. The normalized spacial score (nSPS) is 25.3. The molecule has 7 nitrogen and oxygen atoms in total. The lowest BCUT2D eigenvalue weighted by atomic mass is 9.75. The number of carbonyl (C=O) groups is 4. The number of likely N-dealkylation sites (N-methyl/N-ethyl adjacent to an activating group) is 1. The van der Waals surface area contributed by atoms with Crippen LogP contribution in [0.3, 0.4) is 0 Å². The molecule has 3 unspecified atom stereocenters. The minimum Gasteiger partial charge on any atom is -0.339 e. The molecule has 4 atom stereocenters. The summed E-state index contributed by atoms with van der Waals surface area (Å²) in [6, 6.07) is 25.8. The lowest BCUT2D eigenvalue weighted by molar-refractivity contribution is -0.156. The second-order valence-corrected chi connectivity index (χ2v) is 12.8. The van der Waals surface area contributed by atoms with E-state index in [1.165, 1.54) is 4.90 Å². The van der Waals surface area contributed by atoms with Gasteiger partial charge in [0.2, 0.25) is 17.7 Å². The highest BCUT2D eigenvalue weighted by Gasteiger charge is 2.75. The molecule has 3 fully saturated rings. The molecule has 4 amide bonds. The molecule has 0 N–H and O–H groups in total. The van der Waals surface area contributed by atoms with Gasteiger partial charge in [-0.15, -0.1) is 0 Å². The summed E-state index contributed by atoms with van der Waals surface area (Å²) < 4.78 is 0. The number of imide groups is 1. The van der Waals surface area contributed by atoms with E-state index in [0.717, 1.165) is 16.7 Å². The average molecular weight is 564 g/mol. The van der Waals surface area contributed by atoms with Gasteiger partial charge in [-0.1, -0.05) is 93.6 Å². The van der Waals surface area contributed by atoms with Crippen molar-refractivity contribution >= 4 is 23.6 Å². The largest absolute Gasteiger partial charge is 0.339 e. The van der Waals surface area contributed by atoms with Crippen LogP contribution in [0.5, 0.6) is 0 Å². The van der Waals surface area contributed by atoms with Gasteiger partial charge in [-0.2, -0.15) is 0 Å². The third kappa shape index (κ3) is 4.25. The molecule has 0 radical (unpaired) electrons. The first-order valence-electron chi connectivity index (χ1n) is 14.7. The number of fused-ring (bicyclic) bond motifs is 5. The predicted molar refractivity (Wildman–Crippen MR) is 159 cm³/mol. The zero-order valence-corrected chi connectivity index (χ0v) is 24.6. The van der Waals surface area contributed by atoms with Crippen LogP contribution in [0.15, 0.2) is 84.9 Å². The molecule has 0 saturated carbocycles. The van der Waals surface area contributed by atoms with E-state index in [1.54, 1.807) is 21.9 Å². The highest BCUT2D eigenvalue weighted by molar-refractivity contribution is 6.13. The highest BCUT2D eigenvalue weighted by atomic mass is 16.2. The maximum absolute atomic E-state index is 14.6. The predicted octanol–water partition coefficient (Wildman–Crippen LogP) is 4.45. The molecule has 3 aromatic rings. The molecular formula is C35H37N3O4. The van der Waals surface area contributed by atoms with Gasteiger partial charge in [0.05, 0.1) is 24.4 Å². The Hall–Kier alpha value is -4.26. The maximum Gasteiger partial charge on any atom is 0.255 e. The first-order chi connectivity index (χ1) is 20.1. The van der Waals surface area contributed by atoms with E-state index in [-0.39, 0.29) is 48.6 Å². The van der Waals surface area contributed by atoms with Crippen molar-refractivity contribution in [3.8, 4) is 0 Å². The van der Waals surface area contributed by atoms with Crippen LogP contribution in [0.1, 0.15) is 54.7 Å². The maximum atomic E-state index is 14.6.